The first-order valence-electron chi connectivity index (χ1n) is 11.7. The van der Waals surface area contributed by atoms with Gasteiger partial charge < -0.3 is 19.6 Å². The molecule has 3 amide bonds. The molecule has 4 rings (SSSR count). The summed E-state index contributed by atoms with van der Waals surface area (Å²) >= 11 is 0. The van der Waals surface area contributed by atoms with Gasteiger partial charge in [0.2, 0.25) is 5.91 Å². The van der Waals surface area contributed by atoms with Crippen LogP contribution in [-0.4, -0.2) is 73.0 Å². The summed E-state index contributed by atoms with van der Waals surface area (Å²) in [6, 6.07) is 8.63. The van der Waals surface area contributed by atoms with Crippen molar-refractivity contribution in [3.63, 3.8) is 0 Å². The van der Waals surface area contributed by atoms with Crippen molar-refractivity contribution in [1.29, 1.82) is 0 Å². The Morgan fingerprint density at radius 2 is 1.57 bits per heavy atom. The molecular formula is C24H36N4O2. The molecule has 30 heavy (non-hydrogen) atoms. The van der Waals surface area contributed by atoms with Crippen molar-refractivity contribution in [2.24, 2.45) is 5.92 Å². The van der Waals surface area contributed by atoms with E-state index in [0.717, 1.165) is 58.4 Å². The van der Waals surface area contributed by atoms with E-state index < -0.39 is 0 Å². The van der Waals surface area contributed by atoms with E-state index in [4.69, 9.17) is 0 Å². The minimum Gasteiger partial charge on any atom is -0.371 e. The smallest absolute Gasteiger partial charge is 0.320 e. The van der Waals surface area contributed by atoms with E-state index in [0.29, 0.717) is 13.1 Å². The fraction of sp³-hybridized carbons (Fsp3) is 0.667. The van der Waals surface area contributed by atoms with Crippen molar-refractivity contribution in [3.05, 3.63) is 29.8 Å². The maximum Gasteiger partial charge on any atom is 0.320 e. The number of likely N-dealkylation sites (tertiary alicyclic amines) is 2. The zero-order valence-corrected chi connectivity index (χ0v) is 18.4. The summed E-state index contributed by atoms with van der Waals surface area (Å²) in [5, 5.41) is 0. The molecular weight excluding hydrogens is 376 g/mol. The zero-order chi connectivity index (χ0) is 20.9. The first kappa shape index (κ1) is 21.0. The third-order valence-electron chi connectivity index (χ3n) is 6.89. The lowest BCUT2D eigenvalue weighted by Crippen LogP contribution is -2.49. The molecule has 0 bridgehead atoms. The zero-order valence-electron chi connectivity index (χ0n) is 18.4. The third kappa shape index (κ3) is 4.73. The van der Waals surface area contributed by atoms with Crippen LogP contribution in [0.25, 0.3) is 0 Å². The number of benzene rings is 1. The number of hydrogen-bond donors (Lipinski definition) is 0. The predicted octanol–water partition coefficient (Wildman–Crippen LogP) is 3.56. The Kier molecular flexibility index (Phi) is 6.80. The van der Waals surface area contributed by atoms with Crippen LogP contribution < -0.4 is 4.90 Å². The Morgan fingerprint density at radius 1 is 0.900 bits per heavy atom. The van der Waals surface area contributed by atoms with Crippen LogP contribution in [0.15, 0.2) is 24.3 Å². The molecule has 164 valence electrons. The molecule has 3 fully saturated rings. The van der Waals surface area contributed by atoms with Gasteiger partial charge in [0.25, 0.3) is 0 Å². The van der Waals surface area contributed by atoms with E-state index >= 15 is 0 Å². The Balaban J connectivity index is 1.38. The molecule has 6 nitrogen and oxygen atoms in total. The lowest BCUT2D eigenvalue weighted by molar-refractivity contribution is -0.136. The van der Waals surface area contributed by atoms with Crippen LogP contribution in [0.4, 0.5) is 10.5 Å². The first-order valence-corrected chi connectivity index (χ1v) is 11.7. The molecule has 3 aliphatic rings. The molecule has 6 heteroatoms. The molecule has 1 aromatic carbocycles. The van der Waals surface area contributed by atoms with Crippen LogP contribution in [0.5, 0.6) is 0 Å². The SMILES string of the molecule is CN(Cc1ccccc1N1CCCCC1)C(=O)[C@H]1CCCN(C(=O)N2CCCC2)C1. The van der Waals surface area contributed by atoms with Crippen LogP contribution >= 0.6 is 0 Å². The second-order valence-corrected chi connectivity index (χ2v) is 9.13. The highest BCUT2D eigenvalue weighted by Crippen LogP contribution is 2.27. The number of amides is 3. The molecule has 0 saturated carbocycles. The fourth-order valence-corrected chi connectivity index (χ4v) is 5.19. The lowest BCUT2D eigenvalue weighted by atomic mass is 9.96. The van der Waals surface area contributed by atoms with Crippen molar-refractivity contribution in [2.45, 2.75) is 51.5 Å². The van der Waals surface area contributed by atoms with E-state index in [1.54, 1.807) is 0 Å². The van der Waals surface area contributed by atoms with Crippen molar-refractivity contribution < 1.29 is 9.59 Å². The van der Waals surface area contributed by atoms with Gasteiger partial charge >= 0.3 is 6.03 Å². The number of urea groups is 1. The molecule has 0 spiro atoms. The topological polar surface area (TPSA) is 47.1 Å². The van der Waals surface area contributed by atoms with E-state index in [-0.39, 0.29) is 17.9 Å². The van der Waals surface area contributed by atoms with Gasteiger partial charge in [-0.1, -0.05) is 18.2 Å². The summed E-state index contributed by atoms with van der Waals surface area (Å²) < 4.78 is 0. The molecule has 0 aromatic heterocycles. The number of anilines is 1. The molecule has 0 unspecified atom stereocenters. The van der Waals surface area contributed by atoms with E-state index in [1.807, 2.05) is 21.7 Å². The molecule has 1 aromatic rings. The summed E-state index contributed by atoms with van der Waals surface area (Å²) in [6.07, 6.45) is 7.78. The Hall–Kier alpha value is -2.24. The van der Waals surface area contributed by atoms with Crippen molar-refractivity contribution in [3.8, 4) is 0 Å². The van der Waals surface area contributed by atoms with Gasteiger partial charge in [-0.3, -0.25) is 4.79 Å². The average Bonchev–Trinajstić information content (AvgIpc) is 3.34. The quantitative estimate of drug-likeness (QED) is 0.760. The van der Waals surface area contributed by atoms with Gasteiger partial charge in [0, 0.05) is 58.5 Å². The lowest BCUT2D eigenvalue weighted by Gasteiger charge is -2.36. The maximum absolute atomic E-state index is 13.2. The van der Waals surface area contributed by atoms with Crippen LogP contribution in [0, 0.1) is 5.92 Å². The predicted molar refractivity (Wildman–Crippen MR) is 119 cm³/mol. The Bertz CT molecular complexity index is 740. The number of nitrogens with zero attached hydrogens (tertiary/aromatic N) is 4. The van der Waals surface area contributed by atoms with Gasteiger partial charge in [-0.05, 0) is 56.6 Å². The summed E-state index contributed by atoms with van der Waals surface area (Å²) in [5.41, 5.74) is 2.49. The highest BCUT2D eigenvalue weighted by atomic mass is 16.2. The van der Waals surface area contributed by atoms with E-state index in [1.165, 1.54) is 30.5 Å². The minimum absolute atomic E-state index is 0.0857. The van der Waals surface area contributed by atoms with Crippen LogP contribution in [0.2, 0.25) is 0 Å². The average molecular weight is 413 g/mol. The largest absolute Gasteiger partial charge is 0.371 e. The number of carbonyl (C=O) groups is 2. The van der Waals surface area contributed by atoms with Gasteiger partial charge in [0.05, 0.1) is 5.92 Å². The Morgan fingerprint density at radius 3 is 2.33 bits per heavy atom. The number of rotatable bonds is 4. The molecule has 0 radical (unpaired) electrons. The van der Waals surface area contributed by atoms with E-state index in [2.05, 4.69) is 29.2 Å². The number of piperidine rings is 2. The van der Waals surface area contributed by atoms with Gasteiger partial charge in [0.1, 0.15) is 0 Å². The normalized spacial score (nSPS) is 22.3. The minimum atomic E-state index is -0.0857. The molecule has 3 saturated heterocycles. The summed E-state index contributed by atoms with van der Waals surface area (Å²) in [5.74, 6) is 0.0832. The van der Waals surface area contributed by atoms with E-state index in [9.17, 15) is 9.59 Å². The van der Waals surface area contributed by atoms with Crippen molar-refractivity contribution in [2.75, 3.05) is 51.2 Å². The molecule has 1 atom stereocenters. The molecule has 0 aliphatic carbocycles. The monoisotopic (exact) mass is 412 g/mol. The van der Waals surface area contributed by atoms with Gasteiger partial charge in [0.15, 0.2) is 0 Å². The highest BCUT2D eigenvalue weighted by Gasteiger charge is 2.33. The van der Waals surface area contributed by atoms with Crippen molar-refractivity contribution in [1.82, 2.24) is 14.7 Å². The third-order valence-corrected chi connectivity index (χ3v) is 6.89. The molecule has 3 heterocycles. The summed E-state index contributed by atoms with van der Waals surface area (Å²) in [4.78, 5) is 34.2. The highest BCUT2D eigenvalue weighted by molar-refractivity contribution is 5.81. The van der Waals surface area contributed by atoms with Gasteiger partial charge in [-0.25, -0.2) is 4.79 Å². The van der Waals surface area contributed by atoms with Crippen LogP contribution in [0.3, 0.4) is 0 Å². The second kappa shape index (κ2) is 9.71. The van der Waals surface area contributed by atoms with Gasteiger partial charge in [-0.2, -0.15) is 0 Å². The standard InChI is InChI=1S/C24H36N4O2/c1-25(18-20-10-3-4-12-22(20)26-13-5-2-6-14-26)23(29)21-11-9-17-28(19-21)24(30)27-15-7-8-16-27/h3-4,10,12,21H,2,5-9,11,13-19H2,1H3/t21-/m0/s1. The van der Waals surface area contributed by atoms with Gasteiger partial charge in [-0.15, -0.1) is 0 Å². The van der Waals surface area contributed by atoms with Crippen molar-refractivity contribution >= 4 is 17.6 Å². The number of carbonyl (C=O) groups excluding carboxylic acids is 2. The first-order chi connectivity index (χ1) is 14.6. The van der Waals surface area contributed by atoms with Crippen LogP contribution in [0.1, 0.15) is 50.5 Å². The summed E-state index contributed by atoms with van der Waals surface area (Å²) in [6.45, 7) is 5.90. The molecule has 3 aliphatic heterocycles. The molecule has 0 N–H and O–H groups in total. The second-order valence-electron chi connectivity index (χ2n) is 9.13. The summed E-state index contributed by atoms with van der Waals surface area (Å²) in [7, 11) is 1.91. The number of para-hydroxylation sites is 1. The fourth-order valence-electron chi connectivity index (χ4n) is 5.19. The number of hydrogen-bond acceptors (Lipinski definition) is 3. The maximum atomic E-state index is 13.2. The Labute approximate surface area is 180 Å². The van der Waals surface area contributed by atoms with Crippen LogP contribution in [-0.2, 0) is 11.3 Å².